The predicted octanol–water partition coefficient (Wildman–Crippen LogP) is 3.92. The second-order valence-electron chi connectivity index (χ2n) is 4.87. The van der Waals surface area contributed by atoms with Crippen molar-refractivity contribution in [3.05, 3.63) is 44.8 Å². The molecule has 0 radical (unpaired) electrons. The molecule has 0 saturated heterocycles. The summed E-state index contributed by atoms with van der Waals surface area (Å²) >= 11 is 6.29. The molecular weight excluding hydrogens is 260 g/mol. The van der Waals surface area contributed by atoms with Gasteiger partial charge in [0.15, 0.2) is 0 Å². The van der Waals surface area contributed by atoms with E-state index in [4.69, 9.17) is 11.6 Å². The first-order chi connectivity index (χ1) is 9.11. The Labute approximate surface area is 115 Å². The van der Waals surface area contributed by atoms with Gasteiger partial charge in [-0.25, -0.2) is 0 Å². The highest BCUT2D eigenvalue weighted by Crippen LogP contribution is 2.33. The molecule has 0 bridgehead atoms. The Kier molecular flexibility index (Phi) is 2.86. The van der Waals surface area contributed by atoms with Gasteiger partial charge in [0.1, 0.15) is 0 Å². The third-order valence-corrected chi connectivity index (χ3v) is 3.83. The molecule has 0 fully saturated rings. The van der Waals surface area contributed by atoms with Crippen LogP contribution in [0.25, 0.3) is 21.8 Å². The molecule has 98 valence electrons. The van der Waals surface area contributed by atoms with Gasteiger partial charge in [0.05, 0.1) is 10.5 Å². The number of nitrogens with one attached hydrogen (secondary N) is 2. The van der Waals surface area contributed by atoms with Gasteiger partial charge in [0.25, 0.3) is 0 Å². The molecule has 2 heterocycles. The van der Waals surface area contributed by atoms with E-state index in [-0.39, 0.29) is 5.56 Å². The average molecular weight is 275 g/mol. The van der Waals surface area contributed by atoms with Gasteiger partial charge in [-0.1, -0.05) is 24.9 Å². The lowest BCUT2D eigenvalue weighted by molar-refractivity contribution is 0.918. The summed E-state index contributed by atoms with van der Waals surface area (Å²) in [6.07, 6.45) is 2.07. The zero-order valence-corrected chi connectivity index (χ0v) is 11.7. The van der Waals surface area contributed by atoms with E-state index in [1.807, 2.05) is 12.1 Å². The van der Waals surface area contributed by atoms with Gasteiger partial charge in [0, 0.05) is 28.0 Å². The number of aromatic nitrogens is 2. The SMILES string of the molecule is CCCc1c(C)[nH]c2ccc3[nH]c(=O)cc(Cl)c3c12. The Hall–Kier alpha value is -1.74. The van der Waals surface area contributed by atoms with Gasteiger partial charge in [0.2, 0.25) is 5.56 Å². The number of rotatable bonds is 2. The molecule has 0 aliphatic heterocycles. The van der Waals surface area contributed by atoms with Crippen LogP contribution in [-0.2, 0) is 6.42 Å². The Morgan fingerprint density at radius 1 is 1.16 bits per heavy atom. The molecule has 2 N–H and O–H groups in total. The number of hydrogen-bond donors (Lipinski definition) is 2. The number of H-pyrrole nitrogens is 2. The number of aromatic amines is 2. The van der Waals surface area contributed by atoms with E-state index >= 15 is 0 Å². The predicted molar refractivity (Wildman–Crippen MR) is 80.2 cm³/mol. The van der Waals surface area contributed by atoms with Crippen molar-refractivity contribution >= 4 is 33.4 Å². The monoisotopic (exact) mass is 274 g/mol. The summed E-state index contributed by atoms with van der Waals surface area (Å²) in [5.41, 5.74) is 4.16. The quantitative estimate of drug-likeness (QED) is 0.731. The maximum absolute atomic E-state index is 11.5. The maximum atomic E-state index is 11.5. The fraction of sp³-hybridized carbons (Fsp3) is 0.267. The van der Waals surface area contributed by atoms with Crippen LogP contribution in [0.15, 0.2) is 23.0 Å². The van der Waals surface area contributed by atoms with E-state index in [0.29, 0.717) is 5.02 Å². The average Bonchev–Trinajstić information content (AvgIpc) is 2.66. The van der Waals surface area contributed by atoms with E-state index in [1.165, 1.54) is 17.3 Å². The Balaban J connectivity index is 2.54. The molecule has 1 aromatic carbocycles. The first-order valence-electron chi connectivity index (χ1n) is 6.44. The largest absolute Gasteiger partial charge is 0.358 e. The zero-order chi connectivity index (χ0) is 13.6. The lowest BCUT2D eigenvalue weighted by Crippen LogP contribution is -2.03. The van der Waals surface area contributed by atoms with E-state index < -0.39 is 0 Å². The van der Waals surface area contributed by atoms with Crippen LogP contribution in [0.4, 0.5) is 0 Å². The number of halogens is 1. The molecule has 4 heteroatoms. The normalized spacial score (nSPS) is 11.5. The first kappa shape index (κ1) is 12.3. The van der Waals surface area contributed by atoms with Crippen LogP contribution in [0.1, 0.15) is 24.6 Å². The van der Waals surface area contributed by atoms with Crippen molar-refractivity contribution in [1.82, 2.24) is 9.97 Å². The lowest BCUT2D eigenvalue weighted by Gasteiger charge is -2.05. The van der Waals surface area contributed by atoms with Crippen LogP contribution in [0.3, 0.4) is 0 Å². The molecule has 0 saturated carbocycles. The molecule has 19 heavy (non-hydrogen) atoms. The standard InChI is InChI=1S/C15H15ClN2O/c1-3-4-9-8(2)17-11-5-6-12-15(14(9)11)10(16)7-13(19)18-12/h5-7,17H,3-4H2,1-2H3,(H,18,19). The molecule has 3 aromatic rings. The second kappa shape index (κ2) is 4.42. The highest BCUT2D eigenvalue weighted by Gasteiger charge is 2.13. The topological polar surface area (TPSA) is 48.6 Å². The molecule has 0 atom stereocenters. The molecular formula is C15H15ClN2O. The van der Waals surface area contributed by atoms with Crippen molar-refractivity contribution in [2.45, 2.75) is 26.7 Å². The van der Waals surface area contributed by atoms with Crippen LogP contribution >= 0.6 is 11.6 Å². The van der Waals surface area contributed by atoms with Gasteiger partial charge < -0.3 is 9.97 Å². The van der Waals surface area contributed by atoms with E-state index in [0.717, 1.165) is 34.6 Å². The summed E-state index contributed by atoms with van der Waals surface area (Å²) in [5, 5.41) is 2.59. The summed E-state index contributed by atoms with van der Waals surface area (Å²) in [6, 6.07) is 5.34. The lowest BCUT2D eigenvalue weighted by atomic mass is 10.0. The maximum Gasteiger partial charge on any atom is 0.249 e. The Bertz CT molecular complexity index is 829. The van der Waals surface area contributed by atoms with Gasteiger partial charge in [-0.15, -0.1) is 0 Å². The number of aryl methyl sites for hydroxylation is 2. The summed E-state index contributed by atoms with van der Waals surface area (Å²) in [7, 11) is 0. The minimum Gasteiger partial charge on any atom is -0.358 e. The number of fused-ring (bicyclic) bond motifs is 3. The fourth-order valence-corrected chi connectivity index (χ4v) is 3.05. The van der Waals surface area contributed by atoms with Gasteiger partial charge in [-0.3, -0.25) is 4.79 Å². The van der Waals surface area contributed by atoms with Crippen LogP contribution in [0, 0.1) is 6.92 Å². The summed E-state index contributed by atoms with van der Waals surface area (Å²) in [6.45, 7) is 4.24. The first-order valence-corrected chi connectivity index (χ1v) is 6.82. The summed E-state index contributed by atoms with van der Waals surface area (Å²) < 4.78 is 0. The third-order valence-electron chi connectivity index (χ3n) is 3.54. The van der Waals surface area contributed by atoms with Crippen LogP contribution < -0.4 is 5.56 Å². The van der Waals surface area contributed by atoms with Gasteiger partial charge in [-0.05, 0) is 31.0 Å². The molecule has 0 aliphatic rings. The minimum absolute atomic E-state index is 0.166. The van der Waals surface area contributed by atoms with Crippen molar-refractivity contribution in [2.24, 2.45) is 0 Å². The van der Waals surface area contributed by atoms with Crippen LogP contribution in [0.2, 0.25) is 5.02 Å². The third kappa shape index (κ3) is 1.85. The van der Waals surface area contributed by atoms with E-state index in [1.54, 1.807) is 0 Å². The highest BCUT2D eigenvalue weighted by molar-refractivity contribution is 6.37. The van der Waals surface area contributed by atoms with Gasteiger partial charge in [-0.2, -0.15) is 0 Å². The van der Waals surface area contributed by atoms with Crippen molar-refractivity contribution in [3.8, 4) is 0 Å². The second-order valence-corrected chi connectivity index (χ2v) is 5.28. The number of pyridine rings is 1. The molecule has 0 unspecified atom stereocenters. The Morgan fingerprint density at radius 3 is 2.53 bits per heavy atom. The van der Waals surface area contributed by atoms with Crippen molar-refractivity contribution in [1.29, 1.82) is 0 Å². The van der Waals surface area contributed by atoms with E-state index in [9.17, 15) is 4.79 Å². The van der Waals surface area contributed by atoms with Gasteiger partial charge >= 0.3 is 0 Å². The van der Waals surface area contributed by atoms with E-state index in [2.05, 4.69) is 23.8 Å². The molecule has 0 amide bonds. The molecule has 0 aliphatic carbocycles. The summed E-state index contributed by atoms with van der Waals surface area (Å²) in [4.78, 5) is 17.8. The van der Waals surface area contributed by atoms with Crippen molar-refractivity contribution in [2.75, 3.05) is 0 Å². The Morgan fingerprint density at radius 2 is 1.84 bits per heavy atom. The van der Waals surface area contributed by atoms with Crippen LogP contribution in [-0.4, -0.2) is 9.97 Å². The van der Waals surface area contributed by atoms with Crippen molar-refractivity contribution in [3.63, 3.8) is 0 Å². The van der Waals surface area contributed by atoms with Crippen LogP contribution in [0.5, 0.6) is 0 Å². The summed E-state index contributed by atoms with van der Waals surface area (Å²) in [5.74, 6) is 0. The molecule has 2 aromatic heterocycles. The van der Waals surface area contributed by atoms with Crippen molar-refractivity contribution < 1.29 is 0 Å². The highest BCUT2D eigenvalue weighted by atomic mass is 35.5. The zero-order valence-electron chi connectivity index (χ0n) is 10.9. The number of hydrogen-bond acceptors (Lipinski definition) is 1. The smallest absolute Gasteiger partial charge is 0.249 e. The molecule has 3 nitrogen and oxygen atoms in total. The molecule has 3 rings (SSSR count). The fourth-order valence-electron chi connectivity index (χ4n) is 2.76. The number of benzene rings is 1. The molecule has 0 spiro atoms. The minimum atomic E-state index is -0.166.